The maximum Gasteiger partial charge on any atom is 0.331 e. The first-order chi connectivity index (χ1) is 12.8. The van der Waals surface area contributed by atoms with Gasteiger partial charge in [-0.3, -0.25) is 4.79 Å². The van der Waals surface area contributed by atoms with Gasteiger partial charge in [0.15, 0.2) is 6.10 Å². The van der Waals surface area contributed by atoms with E-state index in [9.17, 15) is 9.59 Å². The number of esters is 1. The molecule has 2 aromatic carbocycles. The molecule has 0 fully saturated rings. The van der Waals surface area contributed by atoms with Gasteiger partial charge < -0.3 is 10.1 Å². The van der Waals surface area contributed by atoms with Gasteiger partial charge in [0.05, 0.1) is 0 Å². The molecule has 0 saturated carbocycles. The van der Waals surface area contributed by atoms with Gasteiger partial charge in [-0.15, -0.1) is 0 Å². The molecule has 0 saturated heterocycles. The number of hydrogen-bond donors (Lipinski definition) is 1. The summed E-state index contributed by atoms with van der Waals surface area (Å²) in [5.41, 5.74) is 4.95. The zero-order chi connectivity index (χ0) is 20.0. The molecule has 1 N–H and O–H groups in total. The molecule has 1 atom stereocenters. The molecule has 0 aromatic heterocycles. The van der Waals surface area contributed by atoms with Crippen molar-refractivity contribution in [3.63, 3.8) is 0 Å². The second-order valence-corrected chi connectivity index (χ2v) is 7.04. The third-order valence-electron chi connectivity index (χ3n) is 4.32. The zero-order valence-electron chi connectivity index (χ0n) is 16.6. The smallest absolute Gasteiger partial charge is 0.331 e. The lowest BCUT2D eigenvalue weighted by molar-refractivity contribution is -0.148. The SMILES string of the molecule is Cc1ccc(NC(=O)C(C)OC(=O)C=Cc2ccc(C(C)C)cc2)c(C)c1. The lowest BCUT2D eigenvalue weighted by Gasteiger charge is -2.14. The van der Waals surface area contributed by atoms with Gasteiger partial charge in [-0.2, -0.15) is 0 Å². The highest BCUT2D eigenvalue weighted by molar-refractivity contribution is 5.97. The zero-order valence-corrected chi connectivity index (χ0v) is 16.6. The number of aryl methyl sites for hydroxylation is 2. The summed E-state index contributed by atoms with van der Waals surface area (Å²) in [6.07, 6.45) is 2.14. The average molecular weight is 365 g/mol. The summed E-state index contributed by atoms with van der Waals surface area (Å²) in [7, 11) is 0. The first kappa shape index (κ1) is 20.4. The number of anilines is 1. The minimum absolute atomic E-state index is 0.356. The van der Waals surface area contributed by atoms with Crippen molar-refractivity contribution in [2.24, 2.45) is 0 Å². The van der Waals surface area contributed by atoms with Crippen molar-refractivity contribution in [2.75, 3.05) is 5.32 Å². The first-order valence-electron chi connectivity index (χ1n) is 9.13. The topological polar surface area (TPSA) is 55.4 Å². The fourth-order valence-electron chi connectivity index (χ4n) is 2.61. The van der Waals surface area contributed by atoms with E-state index in [1.807, 2.05) is 56.3 Å². The lowest BCUT2D eigenvalue weighted by Crippen LogP contribution is -2.29. The summed E-state index contributed by atoms with van der Waals surface area (Å²) >= 11 is 0. The first-order valence-corrected chi connectivity index (χ1v) is 9.13. The minimum Gasteiger partial charge on any atom is -0.449 e. The fraction of sp³-hybridized carbons (Fsp3) is 0.304. The summed E-state index contributed by atoms with van der Waals surface area (Å²) in [6.45, 7) is 9.74. The monoisotopic (exact) mass is 365 g/mol. The van der Waals surface area contributed by atoms with Crippen LogP contribution in [0.3, 0.4) is 0 Å². The van der Waals surface area contributed by atoms with Crippen molar-refractivity contribution in [1.29, 1.82) is 0 Å². The Kier molecular flexibility index (Phi) is 6.94. The summed E-state index contributed by atoms with van der Waals surface area (Å²) < 4.78 is 5.19. The predicted molar refractivity (Wildman–Crippen MR) is 110 cm³/mol. The number of carbonyl (C=O) groups is 2. The van der Waals surface area contributed by atoms with Crippen LogP contribution in [0, 0.1) is 13.8 Å². The summed E-state index contributed by atoms with van der Waals surface area (Å²) in [6, 6.07) is 13.7. The Morgan fingerprint density at radius 2 is 1.67 bits per heavy atom. The van der Waals surface area contributed by atoms with Crippen LogP contribution < -0.4 is 5.32 Å². The Morgan fingerprint density at radius 3 is 2.26 bits per heavy atom. The van der Waals surface area contributed by atoms with Crippen LogP contribution in [0.15, 0.2) is 48.5 Å². The van der Waals surface area contributed by atoms with Crippen molar-refractivity contribution in [3.05, 3.63) is 70.8 Å². The van der Waals surface area contributed by atoms with Crippen molar-refractivity contribution in [2.45, 2.75) is 46.6 Å². The molecule has 0 aliphatic heterocycles. The van der Waals surface area contributed by atoms with E-state index >= 15 is 0 Å². The quantitative estimate of drug-likeness (QED) is 0.578. The maximum absolute atomic E-state index is 12.2. The van der Waals surface area contributed by atoms with Crippen molar-refractivity contribution >= 4 is 23.6 Å². The Labute approximate surface area is 161 Å². The third-order valence-corrected chi connectivity index (χ3v) is 4.32. The molecule has 4 nitrogen and oxygen atoms in total. The maximum atomic E-state index is 12.2. The summed E-state index contributed by atoms with van der Waals surface area (Å²) in [4.78, 5) is 24.2. The molecule has 0 spiro atoms. The van der Waals surface area contributed by atoms with Gasteiger partial charge in [0.1, 0.15) is 0 Å². The van der Waals surface area contributed by atoms with Crippen LogP contribution in [-0.4, -0.2) is 18.0 Å². The summed E-state index contributed by atoms with van der Waals surface area (Å²) in [5, 5.41) is 2.79. The Balaban J connectivity index is 1.91. The van der Waals surface area contributed by atoms with E-state index in [2.05, 4.69) is 19.2 Å². The van der Waals surface area contributed by atoms with Crippen LogP contribution in [0.25, 0.3) is 6.08 Å². The fourth-order valence-corrected chi connectivity index (χ4v) is 2.61. The van der Waals surface area contributed by atoms with Gasteiger partial charge in [0.2, 0.25) is 0 Å². The van der Waals surface area contributed by atoms with Crippen LogP contribution in [0.5, 0.6) is 0 Å². The molecule has 0 radical (unpaired) electrons. The number of ether oxygens (including phenoxy) is 1. The van der Waals surface area contributed by atoms with Crippen molar-refractivity contribution in [1.82, 2.24) is 0 Å². The van der Waals surface area contributed by atoms with Gasteiger partial charge >= 0.3 is 5.97 Å². The number of benzene rings is 2. The van der Waals surface area contributed by atoms with Crippen molar-refractivity contribution in [3.8, 4) is 0 Å². The Bertz CT molecular complexity index is 835. The molecule has 1 amide bonds. The molecule has 27 heavy (non-hydrogen) atoms. The average Bonchev–Trinajstić information content (AvgIpc) is 2.62. The van der Waals surface area contributed by atoms with Gasteiger partial charge in [-0.05, 0) is 55.5 Å². The number of nitrogens with one attached hydrogen (secondary N) is 1. The van der Waals surface area contributed by atoms with Crippen LogP contribution in [-0.2, 0) is 14.3 Å². The van der Waals surface area contributed by atoms with Crippen LogP contribution in [0.1, 0.15) is 48.9 Å². The van der Waals surface area contributed by atoms with Gasteiger partial charge in [-0.25, -0.2) is 4.79 Å². The van der Waals surface area contributed by atoms with Crippen LogP contribution in [0.2, 0.25) is 0 Å². The standard InChI is InChI=1S/C23H27NO3/c1-15(2)20-10-7-19(8-11-20)9-13-22(25)27-18(5)23(26)24-21-12-6-16(3)14-17(21)4/h6-15,18H,1-5H3,(H,24,26). The molecular formula is C23H27NO3. The second-order valence-electron chi connectivity index (χ2n) is 7.04. The largest absolute Gasteiger partial charge is 0.449 e. The van der Waals surface area contributed by atoms with Crippen LogP contribution in [0.4, 0.5) is 5.69 Å². The molecule has 2 aromatic rings. The normalized spacial score (nSPS) is 12.2. The van der Waals surface area contributed by atoms with E-state index in [0.29, 0.717) is 11.6 Å². The molecule has 0 aliphatic carbocycles. The van der Waals surface area contributed by atoms with Crippen molar-refractivity contribution < 1.29 is 14.3 Å². The highest BCUT2D eigenvalue weighted by Crippen LogP contribution is 2.17. The Morgan fingerprint density at radius 1 is 1.00 bits per heavy atom. The van der Waals surface area contributed by atoms with E-state index in [-0.39, 0.29) is 5.91 Å². The number of carbonyl (C=O) groups excluding carboxylic acids is 2. The molecule has 0 aliphatic rings. The van der Waals surface area contributed by atoms with Crippen LogP contribution >= 0.6 is 0 Å². The highest BCUT2D eigenvalue weighted by atomic mass is 16.5. The van der Waals surface area contributed by atoms with E-state index in [1.165, 1.54) is 11.6 Å². The number of amides is 1. The Hall–Kier alpha value is -2.88. The number of hydrogen-bond acceptors (Lipinski definition) is 3. The highest BCUT2D eigenvalue weighted by Gasteiger charge is 2.17. The molecule has 142 valence electrons. The second kappa shape index (κ2) is 9.17. The van der Waals surface area contributed by atoms with E-state index in [1.54, 1.807) is 13.0 Å². The van der Waals surface area contributed by atoms with E-state index in [0.717, 1.165) is 16.7 Å². The van der Waals surface area contributed by atoms with Gasteiger partial charge in [0.25, 0.3) is 5.91 Å². The molecule has 0 heterocycles. The van der Waals surface area contributed by atoms with E-state index in [4.69, 9.17) is 4.74 Å². The van der Waals surface area contributed by atoms with Gasteiger partial charge in [0, 0.05) is 11.8 Å². The predicted octanol–water partition coefficient (Wildman–Crippen LogP) is 5.01. The third kappa shape index (κ3) is 6.10. The molecule has 4 heteroatoms. The molecule has 1 unspecified atom stereocenters. The minimum atomic E-state index is -0.883. The number of rotatable bonds is 6. The van der Waals surface area contributed by atoms with E-state index < -0.39 is 12.1 Å². The molecule has 0 bridgehead atoms. The molecular weight excluding hydrogens is 338 g/mol. The summed E-state index contributed by atoms with van der Waals surface area (Å²) in [5.74, 6) is -0.444. The lowest BCUT2D eigenvalue weighted by atomic mass is 10.0. The van der Waals surface area contributed by atoms with Gasteiger partial charge in [-0.1, -0.05) is 55.8 Å². The molecule has 2 rings (SSSR count).